The predicted molar refractivity (Wildman–Crippen MR) is 104 cm³/mol. The van der Waals surface area contributed by atoms with Gasteiger partial charge >= 0.3 is 0 Å². The van der Waals surface area contributed by atoms with Gasteiger partial charge in [0.1, 0.15) is 5.75 Å². The zero-order chi connectivity index (χ0) is 16.1. The quantitative estimate of drug-likeness (QED) is 0.700. The van der Waals surface area contributed by atoms with E-state index in [-0.39, 0.29) is 12.4 Å². The number of nitrogens with zero attached hydrogens (tertiary/aromatic N) is 1. The molecule has 1 aromatic heterocycles. The van der Waals surface area contributed by atoms with Gasteiger partial charge in [-0.15, -0.1) is 12.4 Å². The molecule has 126 valence electrons. The number of nitrogens with one attached hydrogen (secondary N) is 1. The highest BCUT2D eigenvalue weighted by atomic mass is 35.5. The molecule has 3 aromatic rings. The summed E-state index contributed by atoms with van der Waals surface area (Å²) in [5.74, 6) is 0.888. The molecule has 4 heteroatoms. The Hall–Kier alpha value is -2.23. The minimum atomic E-state index is 0. The van der Waals surface area contributed by atoms with E-state index in [1.165, 1.54) is 16.5 Å². The Morgan fingerprint density at radius 2 is 1.96 bits per heavy atom. The molecule has 0 saturated heterocycles. The Morgan fingerprint density at radius 1 is 1.12 bits per heavy atom. The number of methoxy groups -OCH3 is 1. The van der Waals surface area contributed by atoms with Gasteiger partial charge in [0, 0.05) is 24.8 Å². The fourth-order valence-electron chi connectivity index (χ4n) is 2.75. The van der Waals surface area contributed by atoms with Crippen molar-refractivity contribution in [2.24, 2.45) is 0 Å². The minimum Gasteiger partial charge on any atom is -0.497 e. The molecule has 3 rings (SSSR count). The van der Waals surface area contributed by atoms with Crippen LogP contribution in [0.2, 0.25) is 0 Å². The van der Waals surface area contributed by atoms with Crippen LogP contribution in [0.25, 0.3) is 17.0 Å². The van der Waals surface area contributed by atoms with Crippen molar-refractivity contribution in [1.29, 1.82) is 0 Å². The van der Waals surface area contributed by atoms with Gasteiger partial charge in [-0.25, -0.2) is 0 Å². The van der Waals surface area contributed by atoms with Crippen molar-refractivity contribution < 1.29 is 4.74 Å². The largest absolute Gasteiger partial charge is 0.497 e. The number of halogens is 1. The molecule has 3 nitrogen and oxygen atoms in total. The molecule has 0 atom stereocenters. The van der Waals surface area contributed by atoms with Crippen LogP contribution in [0.3, 0.4) is 0 Å². The Morgan fingerprint density at radius 3 is 2.79 bits per heavy atom. The first kappa shape index (κ1) is 18.1. The van der Waals surface area contributed by atoms with Crippen molar-refractivity contribution >= 4 is 29.4 Å². The molecular formula is C20H23ClN2O. The highest BCUT2D eigenvalue weighted by molar-refractivity contribution is 5.85. The average Bonchev–Trinajstić information content (AvgIpc) is 3.05. The van der Waals surface area contributed by atoms with E-state index in [0.717, 1.165) is 24.4 Å². The summed E-state index contributed by atoms with van der Waals surface area (Å²) < 4.78 is 5.25. The van der Waals surface area contributed by atoms with Crippen LogP contribution in [0.1, 0.15) is 11.1 Å². The molecule has 0 unspecified atom stereocenters. The number of ether oxygens (including phenoxy) is 1. The summed E-state index contributed by atoms with van der Waals surface area (Å²) in [4.78, 5) is 5.63. The SMILES string of the molecule is COc1cccc(/C=C/CN(C)Cc2cccc3cc[nH]c23)c1.Cl. The van der Waals surface area contributed by atoms with Gasteiger partial charge in [-0.05, 0) is 41.8 Å². The van der Waals surface area contributed by atoms with Gasteiger partial charge in [-0.3, -0.25) is 4.90 Å². The van der Waals surface area contributed by atoms with Gasteiger partial charge in [-0.1, -0.05) is 42.5 Å². The predicted octanol–water partition coefficient (Wildman–Crippen LogP) is 4.74. The van der Waals surface area contributed by atoms with Gasteiger partial charge in [-0.2, -0.15) is 0 Å². The van der Waals surface area contributed by atoms with E-state index in [1.807, 2.05) is 24.4 Å². The van der Waals surface area contributed by atoms with Crippen LogP contribution in [0, 0.1) is 0 Å². The van der Waals surface area contributed by atoms with E-state index in [4.69, 9.17) is 4.74 Å². The van der Waals surface area contributed by atoms with Crippen molar-refractivity contribution in [3.8, 4) is 5.75 Å². The smallest absolute Gasteiger partial charge is 0.119 e. The van der Waals surface area contributed by atoms with Gasteiger partial charge in [0.05, 0.1) is 7.11 Å². The summed E-state index contributed by atoms with van der Waals surface area (Å²) >= 11 is 0. The Bertz CT molecular complexity index is 810. The molecule has 0 aliphatic rings. The number of hydrogen-bond donors (Lipinski definition) is 1. The highest BCUT2D eigenvalue weighted by Crippen LogP contribution is 2.18. The summed E-state index contributed by atoms with van der Waals surface area (Å²) in [6.07, 6.45) is 6.31. The maximum absolute atomic E-state index is 5.25. The number of aromatic amines is 1. The van der Waals surface area contributed by atoms with Crippen LogP contribution in [-0.4, -0.2) is 30.6 Å². The van der Waals surface area contributed by atoms with Crippen LogP contribution in [0.15, 0.2) is 60.8 Å². The van der Waals surface area contributed by atoms with E-state index in [2.05, 4.69) is 59.4 Å². The lowest BCUT2D eigenvalue weighted by Crippen LogP contribution is -2.17. The van der Waals surface area contributed by atoms with E-state index in [0.29, 0.717) is 0 Å². The van der Waals surface area contributed by atoms with Gasteiger partial charge in [0.25, 0.3) is 0 Å². The van der Waals surface area contributed by atoms with E-state index in [1.54, 1.807) is 7.11 Å². The van der Waals surface area contributed by atoms with Crippen molar-refractivity contribution in [2.75, 3.05) is 20.7 Å². The second-order valence-corrected chi connectivity index (χ2v) is 5.73. The topological polar surface area (TPSA) is 28.3 Å². The Labute approximate surface area is 149 Å². The standard InChI is InChI=1S/C20H22N2O.ClH/c1-22(13-5-7-16-6-3-10-19(14-16)23-2)15-18-9-4-8-17-11-12-21-20(17)18;/h3-12,14,21H,13,15H2,1-2H3;1H/b7-5+;. The van der Waals surface area contributed by atoms with Crippen LogP contribution < -0.4 is 4.74 Å². The highest BCUT2D eigenvalue weighted by Gasteiger charge is 2.04. The normalized spacial score (nSPS) is 11.1. The molecular weight excluding hydrogens is 320 g/mol. The number of rotatable bonds is 6. The van der Waals surface area contributed by atoms with Crippen molar-refractivity contribution in [1.82, 2.24) is 9.88 Å². The summed E-state index contributed by atoms with van der Waals surface area (Å²) in [5.41, 5.74) is 3.71. The fourth-order valence-corrected chi connectivity index (χ4v) is 2.75. The zero-order valence-corrected chi connectivity index (χ0v) is 14.8. The number of hydrogen-bond acceptors (Lipinski definition) is 2. The molecule has 0 radical (unpaired) electrons. The van der Waals surface area contributed by atoms with Crippen LogP contribution in [0.5, 0.6) is 5.75 Å². The van der Waals surface area contributed by atoms with Gasteiger partial charge < -0.3 is 9.72 Å². The fraction of sp³-hybridized carbons (Fsp3) is 0.200. The van der Waals surface area contributed by atoms with Crippen LogP contribution in [-0.2, 0) is 6.54 Å². The summed E-state index contributed by atoms with van der Waals surface area (Å²) in [6.45, 7) is 1.81. The molecule has 24 heavy (non-hydrogen) atoms. The summed E-state index contributed by atoms with van der Waals surface area (Å²) in [7, 11) is 3.83. The first-order valence-electron chi connectivity index (χ1n) is 7.80. The monoisotopic (exact) mass is 342 g/mol. The van der Waals surface area contributed by atoms with Gasteiger partial charge in [0.15, 0.2) is 0 Å². The number of fused-ring (bicyclic) bond motifs is 1. The molecule has 0 amide bonds. The lowest BCUT2D eigenvalue weighted by Gasteiger charge is -2.15. The van der Waals surface area contributed by atoms with Crippen LogP contribution in [0.4, 0.5) is 0 Å². The molecule has 1 N–H and O–H groups in total. The molecule has 0 saturated carbocycles. The summed E-state index contributed by atoms with van der Waals surface area (Å²) in [6, 6.07) is 16.6. The lowest BCUT2D eigenvalue weighted by molar-refractivity contribution is 0.365. The van der Waals surface area contributed by atoms with Crippen molar-refractivity contribution in [3.05, 3.63) is 71.9 Å². The number of likely N-dealkylation sites (N-methyl/N-ethyl adjacent to an activating group) is 1. The maximum atomic E-state index is 5.25. The third-order valence-electron chi connectivity index (χ3n) is 3.93. The minimum absolute atomic E-state index is 0. The molecule has 0 aliphatic carbocycles. The van der Waals surface area contributed by atoms with Crippen molar-refractivity contribution in [3.63, 3.8) is 0 Å². The third kappa shape index (κ3) is 4.40. The van der Waals surface area contributed by atoms with Crippen molar-refractivity contribution in [2.45, 2.75) is 6.54 Å². The van der Waals surface area contributed by atoms with Gasteiger partial charge in [0.2, 0.25) is 0 Å². The molecule has 0 spiro atoms. The number of aromatic nitrogens is 1. The Balaban J connectivity index is 0.00000208. The van der Waals surface area contributed by atoms with E-state index >= 15 is 0 Å². The first-order chi connectivity index (χ1) is 11.3. The molecule has 0 fully saturated rings. The third-order valence-corrected chi connectivity index (χ3v) is 3.93. The average molecular weight is 343 g/mol. The maximum Gasteiger partial charge on any atom is 0.119 e. The Kier molecular flexibility index (Phi) is 6.47. The molecule has 0 aliphatic heterocycles. The molecule has 1 heterocycles. The zero-order valence-electron chi connectivity index (χ0n) is 14.0. The van der Waals surface area contributed by atoms with E-state index in [9.17, 15) is 0 Å². The number of para-hydroxylation sites is 1. The second-order valence-electron chi connectivity index (χ2n) is 5.73. The van der Waals surface area contributed by atoms with E-state index < -0.39 is 0 Å². The summed E-state index contributed by atoms with van der Waals surface area (Å²) in [5, 5.41) is 1.27. The second kappa shape index (κ2) is 8.57. The first-order valence-corrected chi connectivity index (χ1v) is 7.80. The van der Waals surface area contributed by atoms with Crippen LogP contribution >= 0.6 is 12.4 Å². The lowest BCUT2D eigenvalue weighted by atomic mass is 10.1. The molecule has 2 aromatic carbocycles. The number of benzene rings is 2. The number of H-pyrrole nitrogens is 1. The molecule has 0 bridgehead atoms.